The Labute approximate surface area is 142 Å². The highest BCUT2D eigenvalue weighted by Crippen LogP contribution is 2.34. The minimum Gasteiger partial charge on any atom is -0.469 e. The third kappa shape index (κ3) is 3.14. The number of hydrogen-bond donors (Lipinski definition) is 0. The fraction of sp³-hybridized carbons (Fsp3) is 0.308. The number of carbonyl (C=O) groups is 1. The van der Waals surface area contributed by atoms with Gasteiger partial charge >= 0.3 is 12.1 Å². The van der Waals surface area contributed by atoms with E-state index in [1.54, 1.807) is 0 Å². The minimum absolute atomic E-state index is 0.0878. The summed E-state index contributed by atoms with van der Waals surface area (Å²) in [5.41, 5.74) is -1.30. The number of carbonyl (C=O) groups excluding carboxylic acids is 1. The molecule has 12 heteroatoms. The third-order valence-corrected chi connectivity index (χ3v) is 3.49. The highest BCUT2D eigenvalue weighted by molar-refractivity contribution is 6.35. The molecule has 0 aliphatic heterocycles. The number of hydrogen-bond acceptors (Lipinski definition) is 7. The van der Waals surface area contributed by atoms with Gasteiger partial charge in [0.25, 0.3) is 5.89 Å². The Kier molecular flexibility index (Phi) is 4.11. The number of ether oxygens (including phenoxy) is 1. The average molecular weight is 376 g/mol. The summed E-state index contributed by atoms with van der Waals surface area (Å²) in [7, 11) is 1.19. The Morgan fingerprint density at radius 1 is 1.40 bits per heavy atom. The Balaban J connectivity index is 2.12. The zero-order chi connectivity index (χ0) is 18.4. The van der Waals surface area contributed by atoms with E-state index < -0.39 is 17.8 Å². The number of halogens is 4. The van der Waals surface area contributed by atoms with Crippen LogP contribution in [0.25, 0.3) is 17.2 Å². The molecule has 0 aromatic carbocycles. The zero-order valence-electron chi connectivity index (χ0n) is 12.8. The van der Waals surface area contributed by atoms with Crippen molar-refractivity contribution in [3.8, 4) is 11.6 Å². The lowest BCUT2D eigenvalue weighted by Gasteiger charge is -2.09. The molecule has 8 nitrogen and oxygen atoms in total. The Hall–Kier alpha value is -2.69. The van der Waals surface area contributed by atoms with Gasteiger partial charge in [0.05, 0.1) is 7.11 Å². The van der Waals surface area contributed by atoms with Crippen molar-refractivity contribution in [1.82, 2.24) is 24.8 Å². The number of fused-ring (bicyclic) bond motifs is 1. The molecule has 0 saturated carbocycles. The first-order valence-electron chi connectivity index (χ1n) is 6.73. The van der Waals surface area contributed by atoms with Gasteiger partial charge in [0.2, 0.25) is 5.89 Å². The maximum Gasteiger partial charge on any atom is 0.433 e. The summed E-state index contributed by atoms with van der Waals surface area (Å²) < 4.78 is 49.8. The molecule has 0 atom stereocenters. The van der Waals surface area contributed by atoms with Crippen LogP contribution >= 0.6 is 11.6 Å². The quantitative estimate of drug-likeness (QED) is 0.649. The highest BCUT2D eigenvalue weighted by Gasteiger charge is 2.36. The molecule has 132 valence electrons. The van der Waals surface area contributed by atoms with Crippen molar-refractivity contribution in [3.05, 3.63) is 28.4 Å². The topological polar surface area (TPSA) is 95.4 Å². The van der Waals surface area contributed by atoms with Crippen LogP contribution in [0.2, 0.25) is 5.02 Å². The second-order valence-corrected chi connectivity index (χ2v) is 5.31. The van der Waals surface area contributed by atoms with Crippen LogP contribution in [0, 0.1) is 6.92 Å². The lowest BCUT2D eigenvalue weighted by molar-refractivity contribution is -0.143. The van der Waals surface area contributed by atoms with Crippen LogP contribution in [0.4, 0.5) is 13.2 Å². The summed E-state index contributed by atoms with van der Waals surface area (Å²) in [5, 5.41) is 10.9. The van der Waals surface area contributed by atoms with Crippen molar-refractivity contribution < 1.29 is 27.1 Å². The molecule has 0 fully saturated rings. The monoisotopic (exact) mass is 375 g/mol. The second-order valence-electron chi connectivity index (χ2n) is 4.93. The molecule has 25 heavy (non-hydrogen) atoms. The van der Waals surface area contributed by atoms with Gasteiger partial charge in [-0.25, -0.2) is 9.50 Å². The predicted octanol–water partition coefficient (Wildman–Crippen LogP) is 2.48. The van der Waals surface area contributed by atoms with Crippen LogP contribution in [0.3, 0.4) is 0 Å². The van der Waals surface area contributed by atoms with Crippen molar-refractivity contribution in [1.29, 1.82) is 0 Å². The van der Waals surface area contributed by atoms with Crippen LogP contribution in [-0.4, -0.2) is 37.9 Å². The van der Waals surface area contributed by atoms with Gasteiger partial charge < -0.3 is 9.15 Å². The van der Waals surface area contributed by atoms with Gasteiger partial charge in [-0.15, -0.1) is 10.2 Å². The number of nitrogens with zero attached hydrogens (tertiary/aromatic N) is 5. The van der Waals surface area contributed by atoms with E-state index in [9.17, 15) is 18.0 Å². The van der Waals surface area contributed by atoms with Crippen LogP contribution in [0.5, 0.6) is 0 Å². The SMILES string of the molecule is COC(=O)Cc1nnc(-c2nn3c(C(F)(F)F)cc(C)nc3c2Cl)o1. The Bertz CT molecular complexity index is 966. The van der Waals surface area contributed by atoms with Crippen molar-refractivity contribution >= 4 is 23.2 Å². The molecule has 3 heterocycles. The fourth-order valence-corrected chi connectivity index (χ4v) is 2.31. The van der Waals surface area contributed by atoms with Crippen LogP contribution in [0.15, 0.2) is 10.5 Å². The normalized spacial score (nSPS) is 11.9. The Morgan fingerprint density at radius 2 is 2.12 bits per heavy atom. The molecule has 0 amide bonds. The lowest BCUT2D eigenvalue weighted by atomic mass is 10.3. The molecular formula is C13H9ClF3N5O3. The third-order valence-electron chi connectivity index (χ3n) is 3.14. The van der Waals surface area contributed by atoms with Crippen LogP contribution < -0.4 is 0 Å². The lowest BCUT2D eigenvalue weighted by Crippen LogP contribution is -2.13. The Morgan fingerprint density at radius 3 is 2.76 bits per heavy atom. The summed E-state index contributed by atoms with van der Waals surface area (Å²) in [6.45, 7) is 1.40. The molecule has 0 aliphatic carbocycles. The molecule has 0 unspecified atom stereocenters. The molecule has 0 aliphatic rings. The van der Waals surface area contributed by atoms with Gasteiger partial charge in [-0.05, 0) is 13.0 Å². The first-order valence-corrected chi connectivity index (χ1v) is 7.11. The minimum atomic E-state index is -4.66. The van der Waals surface area contributed by atoms with E-state index in [1.807, 2.05) is 0 Å². The maximum atomic E-state index is 13.2. The van der Waals surface area contributed by atoms with Crippen molar-refractivity contribution in [2.24, 2.45) is 0 Å². The van der Waals surface area contributed by atoms with Gasteiger partial charge in [0.1, 0.15) is 17.1 Å². The molecular weight excluding hydrogens is 367 g/mol. The first kappa shape index (κ1) is 17.1. The zero-order valence-corrected chi connectivity index (χ0v) is 13.5. The van der Waals surface area contributed by atoms with E-state index >= 15 is 0 Å². The van der Waals surface area contributed by atoms with Crippen molar-refractivity contribution in [3.63, 3.8) is 0 Å². The summed E-state index contributed by atoms with van der Waals surface area (Å²) in [4.78, 5) is 15.2. The summed E-state index contributed by atoms with van der Waals surface area (Å²) in [5.74, 6) is -0.941. The standard InChI is InChI=1S/C13H9ClF3N5O3/c1-5-3-6(13(15,16)17)22-11(18-5)9(14)10(21-22)12-20-19-7(25-12)4-8(23)24-2/h3H,4H2,1-2H3. The van der Waals surface area contributed by atoms with E-state index in [0.717, 1.165) is 6.07 Å². The molecule has 3 aromatic heterocycles. The van der Waals surface area contributed by atoms with Gasteiger partial charge in [0, 0.05) is 5.69 Å². The summed E-state index contributed by atoms with van der Waals surface area (Å²) in [6, 6.07) is 0.844. The molecule has 0 bridgehead atoms. The predicted molar refractivity (Wildman–Crippen MR) is 76.7 cm³/mol. The van der Waals surface area contributed by atoms with Crippen molar-refractivity contribution in [2.75, 3.05) is 7.11 Å². The molecule has 0 spiro atoms. The smallest absolute Gasteiger partial charge is 0.433 e. The number of aryl methyl sites for hydroxylation is 1. The number of methoxy groups -OCH3 is 1. The summed E-state index contributed by atoms with van der Waals surface area (Å²) >= 11 is 6.10. The van der Waals surface area contributed by atoms with Gasteiger partial charge in [-0.3, -0.25) is 4.79 Å². The van der Waals surface area contributed by atoms with E-state index in [2.05, 4.69) is 25.0 Å². The highest BCUT2D eigenvalue weighted by atomic mass is 35.5. The molecule has 3 rings (SSSR count). The molecule has 0 radical (unpaired) electrons. The fourth-order valence-electron chi connectivity index (χ4n) is 2.07. The van der Waals surface area contributed by atoms with Gasteiger partial charge in [-0.2, -0.15) is 18.3 Å². The van der Waals surface area contributed by atoms with E-state index in [-0.39, 0.29) is 40.3 Å². The van der Waals surface area contributed by atoms with E-state index in [0.29, 0.717) is 4.52 Å². The van der Waals surface area contributed by atoms with E-state index in [4.69, 9.17) is 16.0 Å². The number of aromatic nitrogens is 5. The summed E-state index contributed by atoms with van der Waals surface area (Å²) in [6.07, 6.45) is -4.96. The average Bonchev–Trinajstić information content (AvgIpc) is 3.11. The second kappa shape index (κ2) is 5.99. The van der Waals surface area contributed by atoms with E-state index in [1.165, 1.54) is 14.0 Å². The molecule has 3 aromatic rings. The van der Waals surface area contributed by atoms with Crippen LogP contribution in [-0.2, 0) is 22.1 Å². The van der Waals surface area contributed by atoms with Gasteiger partial charge in [0.15, 0.2) is 11.3 Å². The maximum absolute atomic E-state index is 13.2. The number of alkyl halides is 3. The molecule has 0 saturated heterocycles. The van der Waals surface area contributed by atoms with Gasteiger partial charge in [-0.1, -0.05) is 11.6 Å². The molecule has 0 N–H and O–H groups in total. The number of rotatable bonds is 3. The van der Waals surface area contributed by atoms with Crippen molar-refractivity contribution in [2.45, 2.75) is 19.5 Å². The number of esters is 1. The first-order chi connectivity index (χ1) is 11.7. The van der Waals surface area contributed by atoms with Crippen LogP contribution in [0.1, 0.15) is 17.3 Å². The largest absolute Gasteiger partial charge is 0.469 e.